The smallest absolute Gasteiger partial charge is 0.323 e. The molecule has 23 heavy (non-hydrogen) atoms. The number of aromatic nitrogens is 2. The molecule has 122 valence electrons. The Bertz CT molecular complexity index is 723. The number of likely N-dealkylation sites (tertiary alicyclic amines) is 1. The lowest BCUT2D eigenvalue weighted by Crippen LogP contribution is -2.41. The molecule has 0 unspecified atom stereocenters. The normalized spacial score (nSPS) is 18.0. The molecule has 0 spiro atoms. The van der Waals surface area contributed by atoms with E-state index in [2.05, 4.69) is 9.97 Å². The minimum absolute atomic E-state index is 0.185. The van der Waals surface area contributed by atoms with Gasteiger partial charge in [0.1, 0.15) is 17.3 Å². The molecule has 1 atom stereocenters. The van der Waals surface area contributed by atoms with E-state index in [1.807, 2.05) is 0 Å². The zero-order chi connectivity index (χ0) is 16.2. The van der Waals surface area contributed by atoms with Crippen LogP contribution in [0.5, 0.6) is 5.75 Å². The number of halogens is 1. The number of carbonyl (C=O) groups is 1. The Morgan fingerprint density at radius 3 is 2.83 bits per heavy atom. The zero-order valence-electron chi connectivity index (χ0n) is 12.5. The fourth-order valence-corrected chi connectivity index (χ4v) is 2.75. The highest BCUT2D eigenvalue weighted by molar-refractivity contribution is 5.92. The minimum Gasteiger partial charge on any atom is -0.493 e. The van der Waals surface area contributed by atoms with Gasteiger partial charge in [0.05, 0.1) is 6.61 Å². The molecule has 6 nitrogen and oxygen atoms in total. The van der Waals surface area contributed by atoms with Gasteiger partial charge in [0, 0.05) is 25.2 Å². The number of H-pyrrole nitrogens is 2. The van der Waals surface area contributed by atoms with Gasteiger partial charge in [0.25, 0.3) is 5.91 Å². The number of ether oxygens (including phenoxy) is 1. The fraction of sp³-hybridized carbons (Fsp3) is 0.375. The number of aromatic amines is 2. The Hall–Kier alpha value is -2.57. The molecule has 1 aromatic carbocycles. The number of amides is 1. The van der Waals surface area contributed by atoms with Gasteiger partial charge in [-0.05, 0) is 37.1 Å². The molecule has 1 aliphatic heterocycles. The minimum atomic E-state index is -0.387. The van der Waals surface area contributed by atoms with Gasteiger partial charge >= 0.3 is 5.69 Å². The number of rotatable bonds is 4. The molecule has 0 aliphatic carbocycles. The SMILES string of the molecule is O=C(c1c[nH]c(=O)[nH]1)N1CCC[C@@H](COc2ccc(F)cc2)C1. The molecule has 1 fully saturated rings. The van der Waals surface area contributed by atoms with Crippen molar-refractivity contribution in [3.63, 3.8) is 0 Å². The van der Waals surface area contributed by atoms with Crippen molar-refractivity contribution in [2.75, 3.05) is 19.7 Å². The highest BCUT2D eigenvalue weighted by Gasteiger charge is 2.25. The maximum atomic E-state index is 12.9. The van der Waals surface area contributed by atoms with Crippen LogP contribution in [0, 0.1) is 11.7 Å². The first-order chi connectivity index (χ1) is 11.1. The second-order valence-electron chi connectivity index (χ2n) is 5.68. The molecule has 1 aromatic heterocycles. The van der Waals surface area contributed by atoms with Gasteiger partial charge in [-0.1, -0.05) is 0 Å². The average Bonchev–Trinajstić information content (AvgIpc) is 3.00. The quantitative estimate of drug-likeness (QED) is 0.901. The number of hydrogen-bond donors (Lipinski definition) is 2. The third kappa shape index (κ3) is 3.80. The number of carbonyl (C=O) groups excluding carboxylic acids is 1. The summed E-state index contributed by atoms with van der Waals surface area (Å²) in [5.41, 5.74) is -0.114. The largest absolute Gasteiger partial charge is 0.493 e. The first-order valence-corrected chi connectivity index (χ1v) is 7.57. The third-order valence-electron chi connectivity index (χ3n) is 3.93. The van der Waals surface area contributed by atoms with Crippen LogP contribution in [-0.4, -0.2) is 40.5 Å². The molecule has 2 N–H and O–H groups in total. The molecule has 0 bridgehead atoms. The van der Waals surface area contributed by atoms with E-state index in [1.54, 1.807) is 17.0 Å². The van der Waals surface area contributed by atoms with E-state index in [9.17, 15) is 14.0 Å². The Balaban J connectivity index is 1.56. The van der Waals surface area contributed by atoms with E-state index in [-0.39, 0.29) is 29.0 Å². The Labute approximate surface area is 132 Å². The van der Waals surface area contributed by atoms with E-state index in [1.165, 1.54) is 18.3 Å². The van der Waals surface area contributed by atoms with Crippen LogP contribution in [-0.2, 0) is 0 Å². The van der Waals surface area contributed by atoms with Crippen molar-refractivity contribution >= 4 is 5.91 Å². The number of nitrogens with zero attached hydrogens (tertiary/aromatic N) is 1. The summed E-state index contributed by atoms with van der Waals surface area (Å²) >= 11 is 0. The Kier molecular flexibility index (Phi) is 4.45. The summed E-state index contributed by atoms with van der Waals surface area (Å²) in [5, 5.41) is 0. The third-order valence-corrected chi connectivity index (χ3v) is 3.93. The van der Waals surface area contributed by atoms with E-state index >= 15 is 0 Å². The van der Waals surface area contributed by atoms with Crippen LogP contribution in [0.4, 0.5) is 4.39 Å². The highest BCUT2D eigenvalue weighted by Crippen LogP contribution is 2.20. The van der Waals surface area contributed by atoms with Crippen molar-refractivity contribution in [3.05, 3.63) is 52.5 Å². The van der Waals surface area contributed by atoms with Crippen LogP contribution in [0.1, 0.15) is 23.3 Å². The van der Waals surface area contributed by atoms with Crippen molar-refractivity contribution in [2.45, 2.75) is 12.8 Å². The van der Waals surface area contributed by atoms with Crippen molar-refractivity contribution in [1.29, 1.82) is 0 Å². The standard InChI is InChI=1S/C16H18FN3O3/c17-12-3-5-13(6-4-12)23-10-11-2-1-7-20(9-11)15(21)14-8-18-16(22)19-14/h3-6,8,11H,1-2,7,9-10H2,(H2,18,19,22)/t11-/m1/s1. The summed E-state index contributed by atoms with van der Waals surface area (Å²) in [5.74, 6) is 0.343. The summed E-state index contributed by atoms with van der Waals surface area (Å²) in [7, 11) is 0. The average molecular weight is 319 g/mol. The number of benzene rings is 1. The van der Waals surface area contributed by atoms with E-state index < -0.39 is 0 Å². The van der Waals surface area contributed by atoms with Crippen LogP contribution in [0.2, 0.25) is 0 Å². The number of imidazole rings is 1. The summed E-state index contributed by atoms with van der Waals surface area (Å²) in [4.78, 5) is 30.1. The van der Waals surface area contributed by atoms with Gasteiger partial charge in [0.15, 0.2) is 0 Å². The van der Waals surface area contributed by atoms with Crippen molar-refractivity contribution in [3.8, 4) is 5.75 Å². The predicted octanol–water partition coefficient (Wildman–Crippen LogP) is 1.77. The Morgan fingerprint density at radius 1 is 1.35 bits per heavy atom. The van der Waals surface area contributed by atoms with E-state index in [4.69, 9.17) is 4.74 Å². The number of hydrogen-bond acceptors (Lipinski definition) is 3. The first kappa shape index (κ1) is 15.3. The molecular formula is C16H18FN3O3. The first-order valence-electron chi connectivity index (χ1n) is 7.57. The van der Waals surface area contributed by atoms with Crippen molar-refractivity contribution < 1.29 is 13.9 Å². The lowest BCUT2D eigenvalue weighted by Gasteiger charge is -2.32. The molecule has 7 heteroatoms. The topological polar surface area (TPSA) is 78.2 Å². The van der Waals surface area contributed by atoms with Gasteiger partial charge in [0.2, 0.25) is 0 Å². The monoisotopic (exact) mass is 319 g/mol. The molecule has 0 saturated carbocycles. The zero-order valence-corrected chi connectivity index (χ0v) is 12.5. The lowest BCUT2D eigenvalue weighted by atomic mass is 9.98. The summed E-state index contributed by atoms with van der Waals surface area (Å²) in [6, 6.07) is 5.89. The number of nitrogens with one attached hydrogen (secondary N) is 2. The molecule has 1 amide bonds. The molecule has 2 heterocycles. The van der Waals surface area contributed by atoms with Crippen LogP contribution < -0.4 is 10.4 Å². The summed E-state index contributed by atoms with van der Waals surface area (Å²) in [6.07, 6.45) is 3.25. The van der Waals surface area contributed by atoms with E-state index in [0.717, 1.165) is 12.8 Å². The second kappa shape index (κ2) is 6.68. The molecular weight excluding hydrogens is 301 g/mol. The second-order valence-corrected chi connectivity index (χ2v) is 5.68. The highest BCUT2D eigenvalue weighted by atomic mass is 19.1. The lowest BCUT2D eigenvalue weighted by molar-refractivity contribution is 0.0628. The fourth-order valence-electron chi connectivity index (χ4n) is 2.75. The molecule has 1 aliphatic rings. The Morgan fingerprint density at radius 2 is 2.13 bits per heavy atom. The van der Waals surface area contributed by atoms with E-state index in [0.29, 0.717) is 25.4 Å². The van der Waals surface area contributed by atoms with Crippen molar-refractivity contribution in [2.24, 2.45) is 5.92 Å². The van der Waals surface area contributed by atoms with Crippen LogP contribution >= 0.6 is 0 Å². The molecule has 1 saturated heterocycles. The molecule has 3 rings (SSSR count). The summed E-state index contributed by atoms with van der Waals surface area (Å²) in [6.45, 7) is 1.71. The van der Waals surface area contributed by atoms with Crippen LogP contribution in [0.25, 0.3) is 0 Å². The van der Waals surface area contributed by atoms with Crippen LogP contribution in [0.3, 0.4) is 0 Å². The van der Waals surface area contributed by atoms with Gasteiger partial charge < -0.3 is 19.6 Å². The van der Waals surface area contributed by atoms with Crippen LogP contribution in [0.15, 0.2) is 35.3 Å². The van der Waals surface area contributed by atoms with Crippen molar-refractivity contribution in [1.82, 2.24) is 14.9 Å². The van der Waals surface area contributed by atoms with Gasteiger partial charge in [-0.2, -0.15) is 0 Å². The molecule has 0 radical (unpaired) electrons. The maximum Gasteiger partial charge on any atom is 0.323 e. The van der Waals surface area contributed by atoms with Gasteiger partial charge in [-0.3, -0.25) is 4.79 Å². The maximum absolute atomic E-state index is 12.9. The summed E-state index contributed by atoms with van der Waals surface area (Å²) < 4.78 is 18.5. The predicted molar refractivity (Wildman–Crippen MR) is 81.9 cm³/mol. The number of piperidine rings is 1. The van der Waals surface area contributed by atoms with Gasteiger partial charge in [-0.25, -0.2) is 9.18 Å². The molecule has 2 aromatic rings. The van der Waals surface area contributed by atoms with Gasteiger partial charge in [-0.15, -0.1) is 0 Å².